The van der Waals surface area contributed by atoms with Crippen LogP contribution in [0.15, 0.2) is 17.5 Å². The highest BCUT2D eigenvalue weighted by molar-refractivity contribution is 7.09. The van der Waals surface area contributed by atoms with Crippen LogP contribution in [-0.4, -0.2) is 59.4 Å². The lowest BCUT2D eigenvalue weighted by Gasteiger charge is -2.31. The maximum Gasteiger partial charge on any atom is 0.306 e. The molecular weight excluding hydrogens is 352 g/mol. The maximum atomic E-state index is 12.3. The van der Waals surface area contributed by atoms with Gasteiger partial charge in [-0.05, 0) is 43.6 Å². The Balaban J connectivity index is 1.60. The maximum absolute atomic E-state index is 12.3. The van der Waals surface area contributed by atoms with Crippen LogP contribution in [0.3, 0.4) is 0 Å². The van der Waals surface area contributed by atoms with Crippen LogP contribution >= 0.6 is 11.3 Å². The Hall–Kier alpha value is -1.89. The summed E-state index contributed by atoms with van der Waals surface area (Å²) >= 11 is 1.76. The molecule has 0 spiro atoms. The second-order valence-corrected chi connectivity index (χ2v) is 7.92. The monoisotopic (exact) mass is 380 g/mol. The summed E-state index contributed by atoms with van der Waals surface area (Å²) < 4.78 is 0. The van der Waals surface area contributed by atoms with Crippen molar-refractivity contribution in [1.29, 1.82) is 0 Å². The number of carboxylic acids is 1. The van der Waals surface area contributed by atoms with Gasteiger partial charge in [0, 0.05) is 31.4 Å². The van der Waals surface area contributed by atoms with Crippen LogP contribution < -0.4 is 0 Å². The number of carboxylic acid groups (broad SMARTS) is 1. The number of rotatable bonds is 9. The Morgan fingerprint density at radius 2 is 1.96 bits per heavy atom. The summed E-state index contributed by atoms with van der Waals surface area (Å²) in [5, 5.41) is 11.1. The van der Waals surface area contributed by atoms with Gasteiger partial charge >= 0.3 is 5.97 Å². The predicted molar refractivity (Wildman–Crippen MR) is 101 cm³/mol. The molecule has 6 nitrogen and oxygen atoms in total. The quantitative estimate of drug-likeness (QED) is 0.668. The number of thiophene rings is 1. The third-order valence-electron chi connectivity index (χ3n) is 4.89. The van der Waals surface area contributed by atoms with Crippen molar-refractivity contribution in [3.05, 3.63) is 22.4 Å². The molecule has 26 heavy (non-hydrogen) atoms. The lowest BCUT2D eigenvalue weighted by molar-refractivity contribution is -0.146. The van der Waals surface area contributed by atoms with E-state index in [1.165, 1.54) is 9.78 Å². The minimum atomic E-state index is -0.788. The number of unbranched alkanes of at least 4 members (excludes halogenated alkanes) is 2. The highest BCUT2D eigenvalue weighted by Gasteiger charge is 2.27. The molecular formula is C19H28N2O4S. The van der Waals surface area contributed by atoms with Crippen LogP contribution in [0.4, 0.5) is 0 Å². The first kappa shape index (κ1) is 20.4. The molecule has 2 rings (SSSR count). The molecule has 0 saturated carbocycles. The molecule has 7 heteroatoms. The normalized spacial score (nSPS) is 15.0. The number of carbonyl (C=O) groups excluding carboxylic acids is 2. The van der Waals surface area contributed by atoms with E-state index in [1.807, 2.05) is 0 Å². The van der Waals surface area contributed by atoms with Crippen LogP contribution in [0.25, 0.3) is 0 Å². The molecule has 2 amide bonds. The van der Waals surface area contributed by atoms with E-state index < -0.39 is 5.97 Å². The molecule has 0 aromatic carbocycles. The van der Waals surface area contributed by atoms with Crippen LogP contribution in [0, 0.1) is 5.92 Å². The molecule has 1 saturated heterocycles. The number of hydrogen-bond donors (Lipinski definition) is 1. The fourth-order valence-corrected chi connectivity index (χ4v) is 3.92. The summed E-state index contributed by atoms with van der Waals surface area (Å²) in [6, 6.07) is 4.19. The summed E-state index contributed by atoms with van der Waals surface area (Å²) in [6.07, 6.45) is 5.43. The lowest BCUT2D eigenvalue weighted by atomic mass is 9.97. The predicted octanol–water partition coefficient (Wildman–Crippen LogP) is 2.63. The summed E-state index contributed by atoms with van der Waals surface area (Å²) in [5.74, 6) is -1.24. The number of aryl methyl sites for hydroxylation is 1. The van der Waals surface area contributed by atoms with E-state index in [9.17, 15) is 14.4 Å². The van der Waals surface area contributed by atoms with E-state index >= 15 is 0 Å². The molecule has 2 heterocycles. The Morgan fingerprint density at radius 3 is 2.58 bits per heavy atom. The van der Waals surface area contributed by atoms with Gasteiger partial charge in [-0.1, -0.05) is 12.5 Å². The molecule has 1 aliphatic heterocycles. The summed E-state index contributed by atoms with van der Waals surface area (Å²) in [4.78, 5) is 40.0. The number of amides is 2. The van der Waals surface area contributed by atoms with Gasteiger partial charge in [-0.25, -0.2) is 0 Å². The Kier molecular flexibility index (Phi) is 8.09. The van der Waals surface area contributed by atoms with Crippen molar-refractivity contribution in [3.8, 4) is 0 Å². The molecule has 0 bridgehead atoms. The van der Waals surface area contributed by atoms with Gasteiger partial charge in [0.1, 0.15) is 0 Å². The fourth-order valence-electron chi connectivity index (χ4n) is 3.16. The lowest BCUT2D eigenvalue weighted by Crippen LogP contribution is -2.45. The van der Waals surface area contributed by atoms with Gasteiger partial charge in [0.2, 0.25) is 11.8 Å². The van der Waals surface area contributed by atoms with Gasteiger partial charge < -0.3 is 14.9 Å². The number of hydrogen-bond acceptors (Lipinski definition) is 4. The van der Waals surface area contributed by atoms with E-state index in [2.05, 4.69) is 17.5 Å². The minimum absolute atomic E-state index is 0.00473. The van der Waals surface area contributed by atoms with Crippen molar-refractivity contribution >= 4 is 29.1 Å². The van der Waals surface area contributed by atoms with E-state index in [0.717, 1.165) is 25.7 Å². The Labute approximate surface area is 158 Å². The van der Waals surface area contributed by atoms with Crippen LogP contribution in [0.2, 0.25) is 0 Å². The zero-order valence-electron chi connectivity index (χ0n) is 15.4. The van der Waals surface area contributed by atoms with Crippen molar-refractivity contribution in [1.82, 2.24) is 9.80 Å². The number of likely N-dealkylation sites (N-methyl/N-ethyl adjacent to an activating group) is 1. The van der Waals surface area contributed by atoms with Gasteiger partial charge in [0.15, 0.2) is 0 Å². The molecule has 0 radical (unpaired) electrons. The largest absolute Gasteiger partial charge is 0.481 e. The van der Waals surface area contributed by atoms with Gasteiger partial charge in [-0.2, -0.15) is 0 Å². The molecule has 0 aliphatic carbocycles. The van der Waals surface area contributed by atoms with E-state index in [4.69, 9.17) is 5.11 Å². The van der Waals surface area contributed by atoms with Crippen molar-refractivity contribution in [2.24, 2.45) is 5.92 Å². The average Bonchev–Trinajstić information content (AvgIpc) is 3.14. The van der Waals surface area contributed by atoms with Gasteiger partial charge in [-0.3, -0.25) is 14.4 Å². The zero-order chi connectivity index (χ0) is 18.9. The van der Waals surface area contributed by atoms with Gasteiger partial charge in [0.05, 0.1) is 12.5 Å². The first-order valence-corrected chi connectivity index (χ1v) is 10.1. The first-order chi connectivity index (χ1) is 12.5. The third-order valence-corrected chi connectivity index (χ3v) is 5.83. The fraction of sp³-hybridized carbons (Fsp3) is 0.632. The number of aliphatic carboxylic acids is 1. The molecule has 1 fully saturated rings. The van der Waals surface area contributed by atoms with E-state index in [-0.39, 0.29) is 24.3 Å². The minimum Gasteiger partial charge on any atom is -0.481 e. The molecule has 0 unspecified atom stereocenters. The molecule has 1 N–H and O–H groups in total. The molecule has 1 aliphatic rings. The average molecular weight is 381 g/mol. The summed E-state index contributed by atoms with van der Waals surface area (Å²) in [5.41, 5.74) is 0. The number of piperidine rings is 1. The highest BCUT2D eigenvalue weighted by atomic mass is 32.1. The molecule has 1 aromatic rings. The standard InChI is InChI=1S/C19H28N2O4S/c1-20(14-18(23)21-11-9-15(10-12-21)19(24)25)17(22)8-4-2-3-6-16-7-5-13-26-16/h5,7,13,15H,2-4,6,8-12,14H2,1H3,(H,24,25). The van der Waals surface area contributed by atoms with Crippen LogP contribution in [-0.2, 0) is 20.8 Å². The smallest absolute Gasteiger partial charge is 0.306 e. The highest BCUT2D eigenvalue weighted by Crippen LogP contribution is 2.17. The van der Waals surface area contributed by atoms with Crippen molar-refractivity contribution in [3.63, 3.8) is 0 Å². The molecule has 1 aromatic heterocycles. The third kappa shape index (κ3) is 6.44. The summed E-state index contributed by atoms with van der Waals surface area (Å²) in [6.45, 7) is 0.993. The molecule has 144 valence electrons. The molecule has 0 atom stereocenters. The van der Waals surface area contributed by atoms with Gasteiger partial charge in [-0.15, -0.1) is 11.3 Å². The van der Waals surface area contributed by atoms with E-state index in [0.29, 0.717) is 32.4 Å². The number of likely N-dealkylation sites (tertiary alicyclic amines) is 1. The second kappa shape index (κ2) is 10.3. The summed E-state index contributed by atoms with van der Waals surface area (Å²) in [7, 11) is 1.66. The van der Waals surface area contributed by atoms with Crippen LogP contribution in [0.5, 0.6) is 0 Å². The van der Waals surface area contributed by atoms with Crippen LogP contribution in [0.1, 0.15) is 43.4 Å². The van der Waals surface area contributed by atoms with Crippen molar-refractivity contribution < 1.29 is 19.5 Å². The SMILES string of the molecule is CN(CC(=O)N1CCC(C(=O)O)CC1)C(=O)CCCCCc1cccs1. The topological polar surface area (TPSA) is 77.9 Å². The zero-order valence-corrected chi connectivity index (χ0v) is 16.2. The Morgan fingerprint density at radius 1 is 1.23 bits per heavy atom. The van der Waals surface area contributed by atoms with Gasteiger partial charge in [0.25, 0.3) is 0 Å². The Bertz CT molecular complexity index is 595. The number of nitrogens with zero attached hydrogens (tertiary/aromatic N) is 2. The first-order valence-electron chi connectivity index (χ1n) is 9.24. The van der Waals surface area contributed by atoms with Crippen molar-refractivity contribution in [2.75, 3.05) is 26.7 Å². The number of carbonyl (C=O) groups is 3. The second-order valence-electron chi connectivity index (χ2n) is 6.88. The van der Waals surface area contributed by atoms with Crippen molar-refractivity contribution in [2.45, 2.75) is 44.9 Å². The van der Waals surface area contributed by atoms with E-state index in [1.54, 1.807) is 23.3 Å².